The Hall–Kier alpha value is -1.80. The van der Waals surface area contributed by atoms with E-state index < -0.39 is 0 Å². The SMILES string of the molecule is CNC1CC=C2C=CC3=C2C1Cc1ccccc1N3. The molecule has 1 heterocycles. The minimum atomic E-state index is 0.543. The Labute approximate surface area is 113 Å². The fraction of sp³-hybridized carbons (Fsp3) is 0.294. The first-order valence-electron chi connectivity index (χ1n) is 7.02. The van der Waals surface area contributed by atoms with Crippen LogP contribution < -0.4 is 10.6 Å². The van der Waals surface area contributed by atoms with Gasteiger partial charge < -0.3 is 10.6 Å². The van der Waals surface area contributed by atoms with Crippen LogP contribution in [0.5, 0.6) is 0 Å². The molecule has 0 saturated carbocycles. The van der Waals surface area contributed by atoms with Crippen LogP contribution in [0.15, 0.2) is 59.3 Å². The first kappa shape index (κ1) is 11.1. The van der Waals surface area contributed by atoms with Crippen LogP contribution in [0.25, 0.3) is 0 Å². The minimum absolute atomic E-state index is 0.543. The molecule has 19 heavy (non-hydrogen) atoms. The molecule has 0 fully saturated rings. The predicted octanol–water partition coefficient (Wildman–Crippen LogP) is 3.01. The average Bonchev–Trinajstić information content (AvgIpc) is 2.76. The Kier molecular flexibility index (Phi) is 2.39. The Bertz CT molecular complexity index is 622. The topological polar surface area (TPSA) is 24.1 Å². The van der Waals surface area contributed by atoms with Gasteiger partial charge >= 0.3 is 0 Å². The van der Waals surface area contributed by atoms with E-state index in [9.17, 15) is 0 Å². The van der Waals surface area contributed by atoms with Crippen LogP contribution in [0.4, 0.5) is 5.69 Å². The van der Waals surface area contributed by atoms with Crippen LogP contribution >= 0.6 is 0 Å². The van der Waals surface area contributed by atoms with Crippen LogP contribution in [-0.2, 0) is 6.42 Å². The summed E-state index contributed by atoms with van der Waals surface area (Å²) >= 11 is 0. The van der Waals surface area contributed by atoms with Crippen molar-refractivity contribution in [1.82, 2.24) is 5.32 Å². The quantitative estimate of drug-likeness (QED) is 0.800. The zero-order chi connectivity index (χ0) is 12.8. The van der Waals surface area contributed by atoms with Crippen molar-refractivity contribution in [3.8, 4) is 0 Å². The van der Waals surface area contributed by atoms with Gasteiger partial charge in [-0.05, 0) is 48.7 Å². The van der Waals surface area contributed by atoms with Crippen molar-refractivity contribution in [3.63, 3.8) is 0 Å². The summed E-state index contributed by atoms with van der Waals surface area (Å²) in [5.41, 5.74) is 6.91. The van der Waals surface area contributed by atoms with E-state index in [1.54, 1.807) is 0 Å². The van der Waals surface area contributed by atoms with E-state index in [-0.39, 0.29) is 0 Å². The molecular weight excluding hydrogens is 232 g/mol. The number of allylic oxidation sites excluding steroid dienone is 3. The Balaban J connectivity index is 1.87. The predicted molar refractivity (Wildman–Crippen MR) is 79.0 cm³/mol. The van der Waals surface area contributed by atoms with E-state index in [2.05, 4.69) is 60.2 Å². The number of nitrogens with one attached hydrogen (secondary N) is 2. The summed E-state index contributed by atoms with van der Waals surface area (Å²) in [7, 11) is 2.08. The molecule has 2 nitrogen and oxygen atoms in total. The first-order chi connectivity index (χ1) is 9.36. The van der Waals surface area contributed by atoms with Gasteiger partial charge in [0, 0.05) is 23.3 Å². The third-order valence-corrected chi connectivity index (χ3v) is 4.58. The van der Waals surface area contributed by atoms with Crippen molar-refractivity contribution in [3.05, 3.63) is 64.9 Å². The zero-order valence-corrected chi connectivity index (χ0v) is 11.1. The smallest absolute Gasteiger partial charge is 0.0426 e. The lowest BCUT2D eigenvalue weighted by Crippen LogP contribution is -2.37. The molecule has 0 amide bonds. The molecule has 96 valence electrons. The Morgan fingerprint density at radius 3 is 3.00 bits per heavy atom. The van der Waals surface area contributed by atoms with Gasteiger partial charge in [-0.1, -0.05) is 30.4 Å². The van der Waals surface area contributed by atoms with Gasteiger partial charge in [-0.3, -0.25) is 0 Å². The van der Waals surface area contributed by atoms with Crippen molar-refractivity contribution in [1.29, 1.82) is 0 Å². The molecule has 1 aromatic rings. The van der Waals surface area contributed by atoms with Crippen LogP contribution in [-0.4, -0.2) is 13.1 Å². The highest BCUT2D eigenvalue weighted by Crippen LogP contribution is 2.42. The van der Waals surface area contributed by atoms with Crippen molar-refractivity contribution in [2.45, 2.75) is 18.9 Å². The molecule has 2 aliphatic carbocycles. The lowest BCUT2D eigenvalue weighted by Gasteiger charge is -2.31. The van der Waals surface area contributed by atoms with E-state index >= 15 is 0 Å². The van der Waals surface area contributed by atoms with E-state index in [0.29, 0.717) is 12.0 Å². The Morgan fingerprint density at radius 1 is 1.21 bits per heavy atom. The second-order valence-corrected chi connectivity index (χ2v) is 5.54. The van der Waals surface area contributed by atoms with Crippen LogP contribution in [0.3, 0.4) is 0 Å². The summed E-state index contributed by atoms with van der Waals surface area (Å²) in [5, 5.41) is 7.12. The maximum absolute atomic E-state index is 3.62. The number of hydrogen-bond acceptors (Lipinski definition) is 2. The normalized spacial score (nSPS) is 27.3. The van der Waals surface area contributed by atoms with E-state index in [1.807, 2.05) is 0 Å². The number of anilines is 1. The third kappa shape index (κ3) is 1.60. The molecule has 0 saturated heterocycles. The number of rotatable bonds is 1. The van der Waals surface area contributed by atoms with Gasteiger partial charge in [0.1, 0.15) is 0 Å². The van der Waals surface area contributed by atoms with Gasteiger partial charge in [-0.25, -0.2) is 0 Å². The molecule has 3 aliphatic rings. The number of benzene rings is 1. The van der Waals surface area contributed by atoms with Gasteiger partial charge in [0.15, 0.2) is 0 Å². The van der Waals surface area contributed by atoms with Gasteiger partial charge in [0.2, 0.25) is 0 Å². The molecule has 0 aromatic heterocycles. The maximum atomic E-state index is 3.62. The van der Waals surface area contributed by atoms with Crippen molar-refractivity contribution in [2.24, 2.45) is 5.92 Å². The third-order valence-electron chi connectivity index (χ3n) is 4.58. The summed E-state index contributed by atoms with van der Waals surface area (Å²) in [6.45, 7) is 0. The molecule has 4 rings (SSSR count). The zero-order valence-electron chi connectivity index (χ0n) is 11.1. The standard InChI is InChI=1S/C17H18N2/c1-18-15-8-6-11-7-9-16-17(11)13(15)10-12-4-2-3-5-14(12)19-16/h2-7,9,13,15,18-19H,8,10H2,1H3. The molecule has 0 bridgehead atoms. The highest BCUT2D eigenvalue weighted by atomic mass is 14.9. The van der Waals surface area contributed by atoms with Gasteiger partial charge in [-0.15, -0.1) is 0 Å². The molecule has 2 atom stereocenters. The Morgan fingerprint density at radius 2 is 2.11 bits per heavy atom. The summed E-state index contributed by atoms with van der Waals surface area (Å²) in [6.07, 6.45) is 9.10. The van der Waals surface area contributed by atoms with Crippen molar-refractivity contribution < 1.29 is 0 Å². The van der Waals surface area contributed by atoms with Crippen LogP contribution in [0, 0.1) is 5.92 Å². The van der Waals surface area contributed by atoms with Crippen molar-refractivity contribution in [2.75, 3.05) is 12.4 Å². The molecule has 2 N–H and O–H groups in total. The fourth-order valence-electron chi connectivity index (χ4n) is 3.59. The lowest BCUT2D eigenvalue weighted by molar-refractivity contribution is 0.412. The maximum Gasteiger partial charge on any atom is 0.0426 e. The van der Waals surface area contributed by atoms with Gasteiger partial charge in [0.25, 0.3) is 0 Å². The molecule has 2 heteroatoms. The van der Waals surface area contributed by atoms with Crippen molar-refractivity contribution >= 4 is 5.69 Å². The van der Waals surface area contributed by atoms with E-state index in [1.165, 1.54) is 28.1 Å². The number of fused-ring (bicyclic) bond motifs is 1. The highest BCUT2D eigenvalue weighted by molar-refractivity contribution is 5.67. The summed E-state index contributed by atoms with van der Waals surface area (Å²) in [6, 6.07) is 9.22. The highest BCUT2D eigenvalue weighted by Gasteiger charge is 2.34. The monoisotopic (exact) mass is 250 g/mol. The average molecular weight is 250 g/mol. The molecule has 0 radical (unpaired) electrons. The second-order valence-electron chi connectivity index (χ2n) is 5.54. The first-order valence-corrected chi connectivity index (χ1v) is 7.02. The molecule has 1 aliphatic heterocycles. The van der Waals surface area contributed by atoms with Crippen LogP contribution in [0.1, 0.15) is 12.0 Å². The van der Waals surface area contributed by atoms with Gasteiger partial charge in [0.05, 0.1) is 0 Å². The van der Waals surface area contributed by atoms with Crippen LogP contribution in [0.2, 0.25) is 0 Å². The largest absolute Gasteiger partial charge is 0.355 e. The molecular formula is C17H18N2. The summed E-state index contributed by atoms with van der Waals surface area (Å²) < 4.78 is 0. The fourth-order valence-corrected chi connectivity index (χ4v) is 3.59. The molecule has 1 aromatic carbocycles. The number of para-hydroxylation sites is 1. The van der Waals surface area contributed by atoms with Gasteiger partial charge in [-0.2, -0.15) is 0 Å². The minimum Gasteiger partial charge on any atom is -0.355 e. The molecule has 2 unspecified atom stereocenters. The lowest BCUT2D eigenvalue weighted by atomic mass is 9.78. The number of hydrogen-bond donors (Lipinski definition) is 2. The summed E-state index contributed by atoms with van der Waals surface area (Å²) in [5.74, 6) is 0.575. The van der Waals surface area contributed by atoms with E-state index in [4.69, 9.17) is 0 Å². The summed E-state index contributed by atoms with van der Waals surface area (Å²) in [4.78, 5) is 0. The molecule has 0 spiro atoms. The second kappa shape index (κ2) is 4.10. The van der Waals surface area contributed by atoms with E-state index in [0.717, 1.165) is 12.8 Å².